The van der Waals surface area contributed by atoms with Gasteiger partial charge in [0, 0.05) is 12.5 Å². The standard InChI is InChI=1S/C26H21F3N2O2/c1-13-5-7-17(8-6-13)25-31-21-12-19(15(3)10-23(21)33-25)24(26(27,28)29)18-11-20-22(9-14(18)2)32-16(4)30-20/h5-12,24H,1-4H3. The van der Waals surface area contributed by atoms with E-state index in [4.69, 9.17) is 8.83 Å². The number of nitrogens with zero attached hydrogens (tertiary/aromatic N) is 2. The van der Waals surface area contributed by atoms with E-state index in [9.17, 15) is 13.2 Å². The van der Waals surface area contributed by atoms with Crippen LogP contribution in [0.4, 0.5) is 13.2 Å². The van der Waals surface area contributed by atoms with Crippen molar-refractivity contribution >= 4 is 22.2 Å². The average molecular weight is 450 g/mol. The van der Waals surface area contributed by atoms with Crippen molar-refractivity contribution in [2.45, 2.75) is 39.8 Å². The lowest BCUT2D eigenvalue weighted by molar-refractivity contribution is -0.141. The lowest BCUT2D eigenvalue weighted by Crippen LogP contribution is -2.23. The van der Waals surface area contributed by atoms with Crippen LogP contribution in [0.2, 0.25) is 0 Å². The SMILES string of the molecule is Cc1ccc(-c2nc3cc(C(c4cc5nc(C)oc5cc4C)C(F)(F)F)c(C)cc3o2)cc1. The van der Waals surface area contributed by atoms with Gasteiger partial charge in [0.05, 0.1) is 0 Å². The number of halogens is 3. The molecule has 0 amide bonds. The molecule has 1 unspecified atom stereocenters. The summed E-state index contributed by atoms with van der Waals surface area (Å²) in [5, 5.41) is 0. The lowest BCUT2D eigenvalue weighted by atomic mass is 9.85. The molecule has 5 rings (SSSR count). The molecule has 2 heterocycles. The maximum atomic E-state index is 14.5. The molecule has 3 aromatic carbocycles. The molecular weight excluding hydrogens is 429 g/mol. The van der Waals surface area contributed by atoms with Gasteiger partial charge in [-0.3, -0.25) is 0 Å². The summed E-state index contributed by atoms with van der Waals surface area (Å²) in [6, 6.07) is 13.8. The van der Waals surface area contributed by atoms with Crippen LogP contribution in [-0.4, -0.2) is 16.1 Å². The van der Waals surface area contributed by atoms with Crippen LogP contribution in [0.25, 0.3) is 33.7 Å². The van der Waals surface area contributed by atoms with Crippen LogP contribution in [0, 0.1) is 27.7 Å². The molecule has 0 aliphatic rings. The highest BCUT2D eigenvalue weighted by molar-refractivity contribution is 5.79. The fourth-order valence-corrected chi connectivity index (χ4v) is 4.26. The molecule has 168 valence electrons. The van der Waals surface area contributed by atoms with Gasteiger partial charge in [-0.2, -0.15) is 13.2 Å². The van der Waals surface area contributed by atoms with Crippen molar-refractivity contribution in [1.29, 1.82) is 0 Å². The molecule has 0 saturated carbocycles. The maximum absolute atomic E-state index is 14.5. The topological polar surface area (TPSA) is 52.1 Å². The Bertz CT molecular complexity index is 1490. The molecule has 2 aromatic heterocycles. The first-order valence-corrected chi connectivity index (χ1v) is 10.5. The van der Waals surface area contributed by atoms with E-state index in [1.807, 2.05) is 31.2 Å². The summed E-state index contributed by atoms with van der Waals surface area (Å²) < 4.78 is 54.8. The number of fused-ring (bicyclic) bond motifs is 2. The minimum absolute atomic E-state index is 0.140. The fraction of sp³-hybridized carbons (Fsp3) is 0.231. The molecule has 5 aromatic rings. The summed E-state index contributed by atoms with van der Waals surface area (Å²) in [7, 11) is 0. The van der Waals surface area contributed by atoms with E-state index >= 15 is 0 Å². The Labute approximate surface area is 188 Å². The highest BCUT2D eigenvalue weighted by atomic mass is 19.4. The number of oxazole rings is 2. The number of rotatable bonds is 3. The van der Waals surface area contributed by atoms with Gasteiger partial charge in [0.15, 0.2) is 17.1 Å². The average Bonchev–Trinajstić information content (AvgIpc) is 3.29. The van der Waals surface area contributed by atoms with Crippen molar-refractivity contribution in [1.82, 2.24) is 9.97 Å². The van der Waals surface area contributed by atoms with Gasteiger partial charge >= 0.3 is 6.18 Å². The molecule has 33 heavy (non-hydrogen) atoms. The van der Waals surface area contributed by atoms with Crippen molar-refractivity contribution in [3.05, 3.63) is 82.2 Å². The molecule has 0 spiro atoms. The second-order valence-electron chi connectivity index (χ2n) is 8.45. The number of aryl methyl sites for hydroxylation is 4. The van der Waals surface area contributed by atoms with Crippen molar-refractivity contribution in [3.8, 4) is 11.5 Å². The summed E-state index contributed by atoms with van der Waals surface area (Å²) in [6.45, 7) is 6.97. The van der Waals surface area contributed by atoms with Gasteiger partial charge in [0.1, 0.15) is 17.0 Å². The molecule has 0 fully saturated rings. The number of alkyl halides is 3. The first kappa shape index (κ1) is 21.2. The molecular formula is C26H21F3N2O2. The quantitative estimate of drug-likeness (QED) is 0.285. The van der Waals surface area contributed by atoms with Gasteiger partial charge in [0.2, 0.25) is 5.89 Å². The first-order chi connectivity index (χ1) is 15.6. The predicted octanol–water partition coefficient (Wildman–Crippen LogP) is 7.56. The lowest BCUT2D eigenvalue weighted by Gasteiger charge is -2.24. The van der Waals surface area contributed by atoms with E-state index in [1.54, 1.807) is 32.9 Å². The second-order valence-corrected chi connectivity index (χ2v) is 8.45. The first-order valence-electron chi connectivity index (χ1n) is 10.5. The highest BCUT2D eigenvalue weighted by Gasteiger charge is 2.43. The van der Waals surface area contributed by atoms with E-state index in [1.165, 1.54) is 12.1 Å². The summed E-state index contributed by atoms with van der Waals surface area (Å²) in [5.74, 6) is -1.04. The Morgan fingerprint density at radius 2 is 1.27 bits per heavy atom. The van der Waals surface area contributed by atoms with Crippen LogP contribution in [0.1, 0.15) is 39.6 Å². The number of aromatic nitrogens is 2. The molecule has 0 radical (unpaired) electrons. The molecule has 0 saturated heterocycles. The molecule has 1 atom stereocenters. The van der Waals surface area contributed by atoms with Crippen molar-refractivity contribution < 1.29 is 22.0 Å². The van der Waals surface area contributed by atoms with Gasteiger partial charge in [0.25, 0.3) is 0 Å². The maximum Gasteiger partial charge on any atom is 0.399 e. The zero-order valence-corrected chi connectivity index (χ0v) is 18.5. The number of hydrogen-bond acceptors (Lipinski definition) is 4. The zero-order valence-electron chi connectivity index (χ0n) is 18.5. The van der Waals surface area contributed by atoms with Crippen molar-refractivity contribution in [2.75, 3.05) is 0 Å². The van der Waals surface area contributed by atoms with Crippen molar-refractivity contribution in [2.24, 2.45) is 0 Å². The summed E-state index contributed by atoms with van der Waals surface area (Å²) in [5.41, 5.74) is 4.83. The third-order valence-corrected chi connectivity index (χ3v) is 5.91. The number of benzene rings is 3. The van der Waals surface area contributed by atoms with E-state index in [0.29, 0.717) is 45.1 Å². The van der Waals surface area contributed by atoms with E-state index in [0.717, 1.165) is 11.1 Å². The molecule has 0 aliphatic carbocycles. The summed E-state index contributed by atoms with van der Waals surface area (Å²) in [6.07, 6.45) is -4.51. The smallest absolute Gasteiger partial charge is 0.399 e. The minimum atomic E-state index is -4.51. The van der Waals surface area contributed by atoms with E-state index in [2.05, 4.69) is 9.97 Å². The molecule has 0 bridgehead atoms. The molecule has 4 nitrogen and oxygen atoms in total. The molecule has 0 N–H and O–H groups in total. The summed E-state index contributed by atoms with van der Waals surface area (Å²) >= 11 is 0. The van der Waals surface area contributed by atoms with Gasteiger partial charge in [-0.05, 0) is 79.4 Å². The summed E-state index contributed by atoms with van der Waals surface area (Å²) in [4.78, 5) is 8.71. The molecule has 7 heteroatoms. The second kappa shape index (κ2) is 7.47. The van der Waals surface area contributed by atoms with Gasteiger partial charge in [-0.15, -0.1) is 0 Å². The Morgan fingerprint density at radius 1 is 0.727 bits per heavy atom. The Hall–Kier alpha value is -3.61. The largest absolute Gasteiger partial charge is 0.441 e. The Balaban J connectivity index is 1.68. The van der Waals surface area contributed by atoms with E-state index < -0.39 is 12.1 Å². The predicted molar refractivity (Wildman–Crippen MR) is 120 cm³/mol. The normalized spacial score (nSPS) is 13.2. The molecule has 0 aliphatic heterocycles. The van der Waals surface area contributed by atoms with Crippen molar-refractivity contribution in [3.63, 3.8) is 0 Å². The Morgan fingerprint density at radius 3 is 1.85 bits per heavy atom. The van der Waals surface area contributed by atoms with Crippen LogP contribution in [0.3, 0.4) is 0 Å². The minimum Gasteiger partial charge on any atom is -0.441 e. The fourth-order valence-electron chi connectivity index (χ4n) is 4.26. The monoisotopic (exact) mass is 450 g/mol. The Kier molecular flexibility index (Phi) is 4.81. The third kappa shape index (κ3) is 3.77. The van der Waals surface area contributed by atoms with E-state index in [-0.39, 0.29) is 11.1 Å². The highest BCUT2D eigenvalue weighted by Crippen LogP contribution is 2.44. The zero-order chi connectivity index (χ0) is 23.5. The van der Waals surface area contributed by atoms with Crippen LogP contribution >= 0.6 is 0 Å². The number of hydrogen-bond donors (Lipinski definition) is 0. The third-order valence-electron chi connectivity index (χ3n) is 5.91. The van der Waals surface area contributed by atoms with Gasteiger partial charge in [-0.25, -0.2) is 9.97 Å². The van der Waals surface area contributed by atoms with Gasteiger partial charge < -0.3 is 8.83 Å². The van der Waals surface area contributed by atoms with Crippen LogP contribution in [-0.2, 0) is 0 Å². The van der Waals surface area contributed by atoms with Crippen LogP contribution < -0.4 is 0 Å². The van der Waals surface area contributed by atoms with Crippen LogP contribution in [0.15, 0.2) is 57.4 Å². The van der Waals surface area contributed by atoms with Gasteiger partial charge in [-0.1, -0.05) is 17.7 Å². The van der Waals surface area contributed by atoms with Crippen LogP contribution in [0.5, 0.6) is 0 Å².